The zero-order chi connectivity index (χ0) is 14.4. The van der Waals surface area contributed by atoms with Crippen LogP contribution < -0.4 is 5.32 Å². The summed E-state index contributed by atoms with van der Waals surface area (Å²) in [4.78, 5) is 17.3. The minimum absolute atomic E-state index is 0.0417. The summed E-state index contributed by atoms with van der Waals surface area (Å²) in [6.45, 7) is 2.50. The van der Waals surface area contributed by atoms with Crippen LogP contribution in [-0.4, -0.2) is 29.1 Å². The average molecular weight is 310 g/mol. The third-order valence-corrected chi connectivity index (χ3v) is 4.65. The van der Waals surface area contributed by atoms with Crippen LogP contribution in [0.4, 0.5) is 0 Å². The van der Waals surface area contributed by atoms with E-state index in [1.807, 2.05) is 29.8 Å². The van der Waals surface area contributed by atoms with Crippen molar-refractivity contribution in [1.82, 2.24) is 10.3 Å². The number of nitrogens with one attached hydrogen (secondary N) is 1. The number of aryl methyl sites for hydroxylation is 1. The Morgan fingerprint density at radius 2 is 2.35 bits per heavy atom. The van der Waals surface area contributed by atoms with E-state index >= 15 is 0 Å². The Morgan fingerprint density at radius 1 is 1.50 bits per heavy atom. The minimum Gasteiger partial charge on any atom is -0.396 e. The van der Waals surface area contributed by atoms with Crippen LogP contribution in [0.3, 0.4) is 0 Å². The Kier molecular flexibility index (Phi) is 5.70. The van der Waals surface area contributed by atoms with E-state index in [0.29, 0.717) is 13.0 Å². The van der Waals surface area contributed by atoms with Gasteiger partial charge in [-0.25, -0.2) is 4.98 Å². The van der Waals surface area contributed by atoms with Crippen molar-refractivity contribution in [1.29, 1.82) is 0 Å². The van der Waals surface area contributed by atoms with E-state index in [9.17, 15) is 9.90 Å². The van der Waals surface area contributed by atoms with Crippen molar-refractivity contribution in [2.24, 2.45) is 5.92 Å². The van der Waals surface area contributed by atoms with Gasteiger partial charge in [-0.1, -0.05) is 6.07 Å². The first-order valence-corrected chi connectivity index (χ1v) is 8.24. The molecule has 2 rings (SSSR count). The lowest BCUT2D eigenvalue weighted by atomic mass is 10.1. The lowest BCUT2D eigenvalue weighted by Crippen LogP contribution is -2.32. The van der Waals surface area contributed by atoms with E-state index in [2.05, 4.69) is 10.3 Å². The second-order valence-electron chi connectivity index (χ2n) is 4.67. The van der Waals surface area contributed by atoms with Gasteiger partial charge in [0.15, 0.2) is 0 Å². The average Bonchev–Trinajstić information content (AvgIpc) is 3.06. The summed E-state index contributed by atoms with van der Waals surface area (Å²) in [6.07, 6.45) is 1.10. The SMILES string of the molecule is Cc1nc(CC(=O)NCC(CO)Cc2cccs2)cs1. The zero-order valence-corrected chi connectivity index (χ0v) is 13.0. The topological polar surface area (TPSA) is 62.2 Å². The maximum Gasteiger partial charge on any atom is 0.226 e. The Morgan fingerprint density at radius 3 is 2.95 bits per heavy atom. The first-order chi connectivity index (χ1) is 9.67. The van der Waals surface area contributed by atoms with Crippen molar-refractivity contribution in [2.45, 2.75) is 19.8 Å². The van der Waals surface area contributed by atoms with Gasteiger partial charge in [0.05, 0.1) is 17.1 Å². The molecule has 2 aromatic heterocycles. The van der Waals surface area contributed by atoms with Crippen LogP contribution >= 0.6 is 22.7 Å². The van der Waals surface area contributed by atoms with Gasteiger partial charge in [0.25, 0.3) is 0 Å². The summed E-state index contributed by atoms with van der Waals surface area (Å²) in [5, 5.41) is 17.1. The number of amides is 1. The summed E-state index contributed by atoms with van der Waals surface area (Å²) >= 11 is 3.22. The monoisotopic (exact) mass is 310 g/mol. The molecule has 0 saturated carbocycles. The van der Waals surface area contributed by atoms with E-state index < -0.39 is 0 Å². The highest BCUT2D eigenvalue weighted by atomic mass is 32.1. The highest BCUT2D eigenvalue weighted by Crippen LogP contribution is 2.14. The van der Waals surface area contributed by atoms with Crippen LogP contribution in [0, 0.1) is 12.8 Å². The molecule has 0 aromatic carbocycles. The maximum absolute atomic E-state index is 11.8. The smallest absolute Gasteiger partial charge is 0.226 e. The van der Waals surface area contributed by atoms with E-state index in [1.165, 1.54) is 4.88 Å². The number of thiazole rings is 1. The molecule has 0 aliphatic carbocycles. The zero-order valence-electron chi connectivity index (χ0n) is 11.3. The van der Waals surface area contributed by atoms with Crippen molar-refractivity contribution in [3.8, 4) is 0 Å². The second kappa shape index (κ2) is 7.52. The van der Waals surface area contributed by atoms with E-state index in [-0.39, 0.29) is 18.4 Å². The second-order valence-corrected chi connectivity index (χ2v) is 6.77. The van der Waals surface area contributed by atoms with Crippen LogP contribution in [0.1, 0.15) is 15.6 Å². The van der Waals surface area contributed by atoms with Crippen LogP contribution in [0.15, 0.2) is 22.9 Å². The molecule has 0 bridgehead atoms. The highest BCUT2D eigenvalue weighted by Gasteiger charge is 2.12. The fourth-order valence-electron chi connectivity index (χ4n) is 1.89. The standard InChI is InChI=1S/C14H18N2O2S2/c1-10-16-12(9-20-10)6-14(18)15-7-11(8-17)5-13-3-2-4-19-13/h2-4,9,11,17H,5-8H2,1H3,(H,15,18). The number of aromatic nitrogens is 1. The molecule has 6 heteroatoms. The van der Waals surface area contributed by atoms with Gasteiger partial charge in [-0.2, -0.15) is 0 Å². The molecule has 0 saturated heterocycles. The molecular formula is C14H18N2O2S2. The number of aliphatic hydroxyl groups excluding tert-OH is 1. The number of carbonyl (C=O) groups excluding carboxylic acids is 1. The molecule has 0 spiro atoms. The van der Waals surface area contributed by atoms with Gasteiger partial charge in [-0.15, -0.1) is 22.7 Å². The van der Waals surface area contributed by atoms with Crippen molar-refractivity contribution in [3.63, 3.8) is 0 Å². The molecule has 1 amide bonds. The van der Waals surface area contributed by atoms with Gasteiger partial charge in [0.2, 0.25) is 5.91 Å². The Balaban J connectivity index is 1.76. The Bertz CT molecular complexity index is 537. The van der Waals surface area contributed by atoms with Gasteiger partial charge < -0.3 is 10.4 Å². The number of carbonyl (C=O) groups is 1. The first kappa shape index (κ1) is 15.2. The van der Waals surface area contributed by atoms with Gasteiger partial charge in [0, 0.05) is 29.3 Å². The largest absolute Gasteiger partial charge is 0.396 e. The van der Waals surface area contributed by atoms with Crippen LogP contribution in [0.2, 0.25) is 0 Å². The molecule has 0 radical (unpaired) electrons. The summed E-state index contributed by atoms with van der Waals surface area (Å²) in [7, 11) is 0. The highest BCUT2D eigenvalue weighted by molar-refractivity contribution is 7.10. The minimum atomic E-state index is -0.0417. The fraction of sp³-hybridized carbons (Fsp3) is 0.429. The molecule has 0 aliphatic heterocycles. The number of rotatable bonds is 7. The molecule has 2 N–H and O–H groups in total. The predicted molar refractivity (Wildman–Crippen MR) is 82.2 cm³/mol. The van der Waals surface area contributed by atoms with Gasteiger partial charge >= 0.3 is 0 Å². The molecule has 2 heterocycles. The molecule has 108 valence electrons. The number of hydrogen-bond acceptors (Lipinski definition) is 5. The van der Waals surface area contributed by atoms with Crippen molar-refractivity contribution < 1.29 is 9.90 Å². The molecule has 20 heavy (non-hydrogen) atoms. The Hall–Kier alpha value is -1.24. The van der Waals surface area contributed by atoms with E-state index in [1.54, 1.807) is 22.7 Å². The first-order valence-electron chi connectivity index (χ1n) is 6.48. The Labute approximate surface area is 126 Å². The van der Waals surface area contributed by atoms with Crippen LogP contribution in [0.5, 0.6) is 0 Å². The fourth-order valence-corrected chi connectivity index (χ4v) is 3.32. The molecule has 2 aromatic rings. The number of aliphatic hydroxyl groups is 1. The lowest BCUT2D eigenvalue weighted by molar-refractivity contribution is -0.120. The van der Waals surface area contributed by atoms with Gasteiger partial charge in [-0.3, -0.25) is 4.79 Å². The predicted octanol–water partition coefficient (Wildman–Crippen LogP) is 2.02. The third kappa shape index (κ3) is 4.70. The van der Waals surface area contributed by atoms with Crippen LogP contribution in [0.25, 0.3) is 0 Å². The molecule has 0 fully saturated rings. The maximum atomic E-state index is 11.8. The van der Waals surface area contributed by atoms with Crippen LogP contribution in [-0.2, 0) is 17.6 Å². The number of thiophene rings is 1. The summed E-state index contributed by atoms with van der Waals surface area (Å²) in [6, 6.07) is 4.05. The summed E-state index contributed by atoms with van der Waals surface area (Å²) in [5.74, 6) is 0.0229. The third-order valence-electron chi connectivity index (χ3n) is 2.92. The van der Waals surface area contributed by atoms with Gasteiger partial charge in [0.1, 0.15) is 0 Å². The quantitative estimate of drug-likeness (QED) is 0.822. The molecule has 1 atom stereocenters. The van der Waals surface area contributed by atoms with Crippen molar-refractivity contribution >= 4 is 28.6 Å². The molecule has 0 aliphatic rings. The summed E-state index contributed by atoms with van der Waals surface area (Å²) < 4.78 is 0. The molecule has 1 unspecified atom stereocenters. The van der Waals surface area contributed by atoms with E-state index in [4.69, 9.17) is 0 Å². The lowest BCUT2D eigenvalue weighted by Gasteiger charge is -2.13. The number of nitrogens with zero attached hydrogens (tertiary/aromatic N) is 1. The molecular weight excluding hydrogens is 292 g/mol. The van der Waals surface area contributed by atoms with Gasteiger partial charge in [-0.05, 0) is 24.8 Å². The normalized spacial score (nSPS) is 12.3. The van der Waals surface area contributed by atoms with E-state index in [0.717, 1.165) is 17.1 Å². The van der Waals surface area contributed by atoms with Crippen molar-refractivity contribution in [2.75, 3.05) is 13.2 Å². The molecule has 4 nitrogen and oxygen atoms in total. The summed E-state index contributed by atoms with van der Waals surface area (Å²) in [5.41, 5.74) is 0.809. The number of hydrogen-bond donors (Lipinski definition) is 2. The van der Waals surface area contributed by atoms with Crippen molar-refractivity contribution in [3.05, 3.63) is 38.5 Å².